The molecule has 4 atom stereocenters. The molecule has 2 aliphatic carbocycles. The number of hydrogen-bond acceptors (Lipinski definition) is 5. The molecule has 2 aliphatic rings. The summed E-state index contributed by atoms with van der Waals surface area (Å²) in [6.45, 7) is 6.36. The lowest BCUT2D eigenvalue weighted by Crippen LogP contribution is -2.40. The molecule has 0 radical (unpaired) electrons. The molecule has 2 fully saturated rings. The zero-order valence-electron chi connectivity index (χ0n) is 15.3. The first-order valence-electron chi connectivity index (χ1n) is 9.25. The van der Waals surface area contributed by atoms with Gasteiger partial charge in [0.15, 0.2) is 5.82 Å². The summed E-state index contributed by atoms with van der Waals surface area (Å²) in [6.07, 6.45) is 5.22. The molecular formula is C18H24BrN5O2. The van der Waals surface area contributed by atoms with Crippen LogP contribution in [0.3, 0.4) is 0 Å². The zero-order valence-corrected chi connectivity index (χ0v) is 16.9. The Morgan fingerprint density at radius 3 is 2.81 bits per heavy atom. The quantitative estimate of drug-likeness (QED) is 0.800. The number of amides is 1. The predicted octanol–water partition coefficient (Wildman–Crippen LogP) is 3.25. The third kappa shape index (κ3) is 3.19. The van der Waals surface area contributed by atoms with Gasteiger partial charge in [-0.05, 0) is 73.7 Å². The van der Waals surface area contributed by atoms with Crippen molar-refractivity contribution in [1.82, 2.24) is 25.2 Å². The summed E-state index contributed by atoms with van der Waals surface area (Å²) >= 11 is 3.50. The Bertz CT molecular complexity index is 830. The van der Waals surface area contributed by atoms with Crippen LogP contribution in [0.25, 0.3) is 0 Å². The highest BCUT2D eigenvalue weighted by atomic mass is 79.9. The molecule has 1 amide bonds. The number of fused-ring (bicyclic) bond motifs is 2. The molecule has 2 heterocycles. The van der Waals surface area contributed by atoms with E-state index in [0.29, 0.717) is 18.3 Å². The van der Waals surface area contributed by atoms with Crippen LogP contribution in [0, 0.1) is 31.6 Å². The van der Waals surface area contributed by atoms with Crippen LogP contribution in [-0.2, 0) is 6.54 Å². The van der Waals surface area contributed by atoms with E-state index in [1.807, 2.05) is 13.8 Å². The van der Waals surface area contributed by atoms with Gasteiger partial charge in [0.25, 0.3) is 0 Å². The zero-order chi connectivity index (χ0) is 18.4. The highest BCUT2D eigenvalue weighted by Crippen LogP contribution is 2.49. The van der Waals surface area contributed by atoms with Crippen LogP contribution in [0.2, 0.25) is 0 Å². The van der Waals surface area contributed by atoms with E-state index >= 15 is 0 Å². The first-order chi connectivity index (χ1) is 12.4. The number of rotatable bonds is 5. The van der Waals surface area contributed by atoms with Gasteiger partial charge in [0, 0.05) is 6.04 Å². The lowest BCUT2D eigenvalue weighted by molar-refractivity contribution is 0.0871. The van der Waals surface area contributed by atoms with Gasteiger partial charge in [0.2, 0.25) is 0 Å². The van der Waals surface area contributed by atoms with Gasteiger partial charge in [-0.25, -0.2) is 0 Å². The topological polar surface area (TPSA) is 85.8 Å². The lowest BCUT2D eigenvalue weighted by Gasteiger charge is -2.28. The van der Waals surface area contributed by atoms with Crippen molar-refractivity contribution in [3.63, 3.8) is 0 Å². The Labute approximate surface area is 161 Å². The van der Waals surface area contributed by atoms with Crippen molar-refractivity contribution >= 4 is 21.8 Å². The predicted molar refractivity (Wildman–Crippen MR) is 98.7 cm³/mol. The first-order valence-corrected chi connectivity index (χ1v) is 10.0. The number of carbonyl (C=O) groups is 1. The average molecular weight is 422 g/mol. The van der Waals surface area contributed by atoms with Crippen LogP contribution in [0.1, 0.15) is 60.5 Å². The Morgan fingerprint density at radius 2 is 2.19 bits per heavy atom. The monoisotopic (exact) mass is 421 g/mol. The molecule has 7 nitrogen and oxygen atoms in total. The van der Waals surface area contributed by atoms with E-state index in [-0.39, 0.29) is 17.8 Å². The first kappa shape index (κ1) is 17.7. The molecule has 2 aromatic heterocycles. The van der Waals surface area contributed by atoms with E-state index in [4.69, 9.17) is 4.52 Å². The third-order valence-electron chi connectivity index (χ3n) is 6.04. The van der Waals surface area contributed by atoms with Crippen molar-refractivity contribution < 1.29 is 9.32 Å². The second-order valence-electron chi connectivity index (χ2n) is 7.76. The van der Waals surface area contributed by atoms with Crippen LogP contribution in [0.15, 0.2) is 9.00 Å². The Balaban J connectivity index is 1.39. The van der Waals surface area contributed by atoms with Crippen LogP contribution in [-0.4, -0.2) is 31.9 Å². The number of nitrogens with one attached hydrogen (secondary N) is 1. The van der Waals surface area contributed by atoms with Crippen molar-refractivity contribution in [2.75, 3.05) is 0 Å². The molecule has 0 saturated heterocycles. The summed E-state index contributed by atoms with van der Waals surface area (Å²) in [6, 6.07) is 0.139. The van der Waals surface area contributed by atoms with E-state index in [2.05, 4.69) is 43.4 Å². The Morgan fingerprint density at radius 1 is 1.38 bits per heavy atom. The highest BCUT2D eigenvalue weighted by Gasteiger charge is 2.42. The molecule has 0 unspecified atom stereocenters. The summed E-state index contributed by atoms with van der Waals surface area (Å²) in [4.78, 5) is 16.7. The van der Waals surface area contributed by atoms with E-state index in [9.17, 15) is 4.79 Å². The number of aromatic nitrogens is 4. The number of hydrogen-bond donors (Lipinski definition) is 1. The summed E-state index contributed by atoms with van der Waals surface area (Å²) in [5, 5.41) is 11.4. The third-order valence-corrected chi connectivity index (χ3v) is 7.19. The maximum atomic E-state index is 12.5. The summed E-state index contributed by atoms with van der Waals surface area (Å²) in [5.74, 6) is 2.38. The van der Waals surface area contributed by atoms with Gasteiger partial charge in [-0.15, -0.1) is 0 Å². The normalized spacial score (nSPS) is 25.6. The molecule has 2 saturated carbocycles. The Kier molecular flexibility index (Phi) is 4.62. The molecule has 2 aromatic rings. The maximum absolute atomic E-state index is 12.5. The minimum atomic E-state index is -0.284. The number of nitrogens with zero attached hydrogens (tertiary/aromatic N) is 4. The smallest absolute Gasteiger partial charge is 0.316 e. The second-order valence-corrected chi connectivity index (χ2v) is 8.55. The standard InChI is InChI=1S/C18H24BrN5O2/c1-9(14-7-12-4-5-13(14)6-12)20-17(25)18-21-15(23-26-18)8-24-11(3)16(19)10(2)22-24/h9,12-14H,4-8H2,1-3H3,(H,20,25)/t9-,12+,13+,14-/m1/s1. The molecule has 8 heteroatoms. The Hall–Kier alpha value is -1.70. The molecule has 0 aromatic carbocycles. The SMILES string of the molecule is Cc1nn(Cc2noc(C(=O)N[C@H](C)[C@H]3C[C@H]4CC[C@H]3C4)n2)c(C)c1Br. The second kappa shape index (κ2) is 6.79. The number of halogens is 1. The fraction of sp³-hybridized carbons (Fsp3) is 0.667. The van der Waals surface area contributed by atoms with Gasteiger partial charge in [0.1, 0.15) is 6.54 Å². The summed E-state index contributed by atoms with van der Waals surface area (Å²) in [7, 11) is 0. The van der Waals surface area contributed by atoms with Gasteiger partial charge in [0.05, 0.1) is 15.9 Å². The van der Waals surface area contributed by atoms with Gasteiger partial charge in [-0.1, -0.05) is 11.6 Å². The van der Waals surface area contributed by atoms with Crippen molar-refractivity contribution in [1.29, 1.82) is 0 Å². The van der Waals surface area contributed by atoms with Crippen molar-refractivity contribution in [3.8, 4) is 0 Å². The molecule has 0 aliphatic heterocycles. The summed E-state index contributed by atoms with van der Waals surface area (Å²) in [5.41, 5.74) is 1.90. The van der Waals surface area contributed by atoms with Gasteiger partial charge < -0.3 is 9.84 Å². The molecule has 4 rings (SSSR count). The van der Waals surface area contributed by atoms with E-state index < -0.39 is 0 Å². The minimum absolute atomic E-state index is 0.0237. The highest BCUT2D eigenvalue weighted by molar-refractivity contribution is 9.10. The largest absolute Gasteiger partial charge is 0.345 e. The van der Waals surface area contributed by atoms with Crippen LogP contribution in [0.5, 0.6) is 0 Å². The average Bonchev–Trinajstić information content (AvgIpc) is 3.38. The van der Waals surface area contributed by atoms with E-state index in [1.165, 1.54) is 25.7 Å². The van der Waals surface area contributed by atoms with Gasteiger partial charge in [-0.3, -0.25) is 9.48 Å². The van der Waals surface area contributed by atoms with E-state index in [1.54, 1.807) is 4.68 Å². The molecule has 2 bridgehead atoms. The maximum Gasteiger partial charge on any atom is 0.316 e. The molecular weight excluding hydrogens is 398 g/mol. The fourth-order valence-corrected chi connectivity index (χ4v) is 4.94. The lowest BCUT2D eigenvalue weighted by atomic mass is 9.84. The van der Waals surface area contributed by atoms with E-state index in [0.717, 1.165) is 27.7 Å². The number of aryl methyl sites for hydroxylation is 1. The van der Waals surface area contributed by atoms with Crippen LogP contribution >= 0.6 is 15.9 Å². The van der Waals surface area contributed by atoms with Crippen molar-refractivity contribution in [2.24, 2.45) is 17.8 Å². The van der Waals surface area contributed by atoms with Crippen LogP contribution in [0.4, 0.5) is 0 Å². The van der Waals surface area contributed by atoms with Crippen LogP contribution < -0.4 is 5.32 Å². The van der Waals surface area contributed by atoms with Gasteiger partial charge >= 0.3 is 11.8 Å². The van der Waals surface area contributed by atoms with Crippen molar-refractivity contribution in [3.05, 3.63) is 27.6 Å². The summed E-state index contributed by atoms with van der Waals surface area (Å²) < 4.78 is 7.94. The fourth-order valence-electron chi connectivity index (χ4n) is 4.66. The number of carbonyl (C=O) groups excluding carboxylic acids is 1. The molecule has 26 heavy (non-hydrogen) atoms. The molecule has 1 N–H and O–H groups in total. The molecule has 140 valence electrons. The van der Waals surface area contributed by atoms with Crippen molar-refractivity contribution in [2.45, 2.75) is 59.0 Å². The minimum Gasteiger partial charge on any atom is -0.345 e. The van der Waals surface area contributed by atoms with Gasteiger partial charge in [-0.2, -0.15) is 10.1 Å². The molecule has 0 spiro atoms.